The Labute approximate surface area is 321 Å². The molecule has 5 amide bonds. The summed E-state index contributed by atoms with van der Waals surface area (Å²) in [5.74, 6) is -6.42. The van der Waals surface area contributed by atoms with Gasteiger partial charge in [-0.05, 0) is 20.4 Å². The first kappa shape index (κ1) is 41.1. The molecule has 0 saturated carbocycles. The number of carbonyl (C=O) groups excluding carboxylic acids is 5. The summed E-state index contributed by atoms with van der Waals surface area (Å²) in [6.45, 7) is 0.614. The van der Waals surface area contributed by atoms with E-state index in [4.69, 9.17) is 16.3 Å². The number of hydrogen-bond acceptors (Lipinski definition) is 17. The van der Waals surface area contributed by atoms with Gasteiger partial charge in [-0.3, -0.25) is 28.5 Å². The number of aromatic nitrogens is 5. The Hall–Kier alpha value is -4.11. The minimum Gasteiger partial charge on any atom is -0.546 e. The number of nitrogens with one attached hydrogen (secondary N) is 2. The number of imide groups is 1. The molecule has 0 radical (unpaired) electrons. The Morgan fingerprint density at radius 3 is 2.45 bits per heavy atom. The molecule has 1 atom stereocenters. The first-order chi connectivity index (χ1) is 21.8. The van der Waals surface area contributed by atoms with Gasteiger partial charge in [0.1, 0.15) is 12.2 Å². The number of β-lactam (4-membered cyclic amide) rings is 1. The molecule has 250 valence electrons. The van der Waals surface area contributed by atoms with Gasteiger partial charge in [0, 0.05) is 17.6 Å². The van der Waals surface area contributed by atoms with Gasteiger partial charge in [0.05, 0.1) is 17.7 Å². The van der Waals surface area contributed by atoms with Gasteiger partial charge in [0.15, 0.2) is 40.0 Å². The summed E-state index contributed by atoms with van der Waals surface area (Å²) in [6.07, 6.45) is 0.797. The van der Waals surface area contributed by atoms with Gasteiger partial charge in [0.2, 0.25) is 11.3 Å². The molecule has 7 N–H and O–H groups in total. The molecule has 0 bridgehead atoms. The van der Waals surface area contributed by atoms with Crippen molar-refractivity contribution >= 4 is 62.1 Å². The Bertz CT molecular complexity index is 2090. The molecular formula is C22H21N11Na2O12S2. The SMILES string of the molecule is CC(C)(O/N=C(\C(=O)N[C@H]1CN(C(=O)[N-]S(=O)(=O)n2nc(-c3cc(=O)c(O)c[nH]3)n(CC(N)=O)c2=O)C1=O)c1csc(N)n1)C(=O)[O-].[Na+].[Na+]. The molecule has 1 aliphatic rings. The molecule has 3 aromatic rings. The number of pyridine rings is 1. The maximum Gasteiger partial charge on any atom is 1.00 e. The van der Waals surface area contributed by atoms with E-state index < -0.39 is 93.1 Å². The van der Waals surface area contributed by atoms with E-state index in [1.54, 1.807) is 0 Å². The number of oxime groups is 1. The average molecular weight is 742 g/mol. The van der Waals surface area contributed by atoms with E-state index in [1.807, 2.05) is 0 Å². The minimum atomic E-state index is -5.35. The van der Waals surface area contributed by atoms with Crippen LogP contribution in [0.4, 0.5) is 9.93 Å². The molecule has 1 fully saturated rings. The number of aromatic amines is 1. The summed E-state index contributed by atoms with van der Waals surface area (Å²) in [5.41, 5.74) is 5.12. The number of nitrogen functional groups attached to an aromatic ring is 1. The van der Waals surface area contributed by atoms with Gasteiger partial charge in [-0.15, -0.1) is 16.4 Å². The number of H-pyrrole nitrogens is 1. The molecule has 23 nitrogen and oxygen atoms in total. The van der Waals surface area contributed by atoms with Crippen LogP contribution in [0.3, 0.4) is 0 Å². The Balaban J connectivity index is 0.00000417. The van der Waals surface area contributed by atoms with Crippen molar-refractivity contribution in [2.24, 2.45) is 10.9 Å². The van der Waals surface area contributed by atoms with Crippen LogP contribution in [-0.2, 0) is 40.8 Å². The number of carboxylic acid groups (broad SMARTS) is 1. The normalized spacial score (nSPS) is 14.5. The van der Waals surface area contributed by atoms with Crippen LogP contribution in [0.2, 0.25) is 0 Å². The second-order valence-electron chi connectivity index (χ2n) is 9.82. The molecular weight excluding hydrogens is 720 g/mol. The molecule has 1 aliphatic heterocycles. The predicted octanol–water partition coefficient (Wildman–Crippen LogP) is -10.5. The molecule has 1 saturated heterocycles. The number of nitrogens with zero attached hydrogens (tertiary/aromatic N) is 7. The summed E-state index contributed by atoms with van der Waals surface area (Å²) in [4.78, 5) is 97.2. The van der Waals surface area contributed by atoms with Crippen LogP contribution >= 0.6 is 11.3 Å². The van der Waals surface area contributed by atoms with Crippen LogP contribution in [0.25, 0.3) is 16.2 Å². The summed E-state index contributed by atoms with van der Waals surface area (Å²) in [5, 5.41) is 31.2. The zero-order valence-electron chi connectivity index (χ0n) is 25.8. The monoisotopic (exact) mass is 741 g/mol. The van der Waals surface area contributed by atoms with E-state index in [0.717, 1.165) is 37.4 Å². The molecule has 0 unspecified atom stereocenters. The van der Waals surface area contributed by atoms with Crippen LogP contribution in [0.5, 0.6) is 5.75 Å². The molecule has 3 aromatic heterocycles. The number of aromatic hydroxyl groups is 1. The second-order valence-corrected chi connectivity index (χ2v) is 12.1. The van der Waals surface area contributed by atoms with E-state index >= 15 is 0 Å². The zero-order valence-corrected chi connectivity index (χ0v) is 31.4. The first-order valence-corrected chi connectivity index (χ1v) is 14.8. The fraction of sp³-hybridized carbons (Fsp3) is 0.273. The van der Waals surface area contributed by atoms with Crippen molar-refractivity contribution in [3.63, 3.8) is 0 Å². The van der Waals surface area contributed by atoms with E-state index in [9.17, 15) is 52.2 Å². The van der Waals surface area contributed by atoms with Gasteiger partial charge >= 0.3 is 64.8 Å². The number of rotatable bonds is 11. The van der Waals surface area contributed by atoms with Crippen molar-refractivity contribution in [1.82, 2.24) is 33.9 Å². The third-order valence-electron chi connectivity index (χ3n) is 6.00. The van der Waals surface area contributed by atoms with Crippen LogP contribution in [0.1, 0.15) is 19.5 Å². The number of anilines is 1. The maximum atomic E-state index is 12.9. The van der Waals surface area contributed by atoms with Gasteiger partial charge < -0.3 is 51.2 Å². The molecule has 27 heteroatoms. The number of amides is 5. The fourth-order valence-electron chi connectivity index (χ4n) is 3.53. The van der Waals surface area contributed by atoms with Gasteiger partial charge in [0.25, 0.3) is 16.1 Å². The Morgan fingerprint density at radius 1 is 1.27 bits per heavy atom. The van der Waals surface area contributed by atoms with Crippen molar-refractivity contribution in [2.75, 3.05) is 12.3 Å². The molecule has 4 rings (SSSR count). The number of likely N-dealkylation sites (tertiary alicyclic amines) is 1. The molecule has 0 aliphatic carbocycles. The third-order valence-corrected chi connectivity index (χ3v) is 7.73. The van der Waals surface area contributed by atoms with E-state index in [0.29, 0.717) is 9.47 Å². The minimum absolute atomic E-state index is 0. The van der Waals surface area contributed by atoms with Crippen molar-refractivity contribution in [3.05, 3.63) is 48.8 Å². The number of carbonyl (C=O) groups is 5. The number of urea groups is 1. The smallest absolute Gasteiger partial charge is 0.546 e. The first-order valence-electron chi connectivity index (χ1n) is 12.6. The van der Waals surface area contributed by atoms with Gasteiger partial charge in [-0.25, -0.2) is 18.2 Å². The number of hydrogen-bond donors (Lipinski definition) is 5. The summed E-state index contributed by atoms with van der Waals surface area (Å²) in [7, 11) is -5.35. The van der Waals surface area contributed by atoms with Crippen molar-refractivity contribution in [2.45, 2.75) is 32.0 Å². The van der Waals surface area contributed by atoms with Gasteiger partial charge in [-0.1, -0.05) is 9.24 Å². The third kappa shape index (κ3) is 8.93. The molecule has 49 heavy (non-hydrogen) atoms. The summed E-state index contributed by atoms with van der Waals surface area (Å²) >= 11 is 0.896. The van der Waals surface area contributed by atoms with Crippen LogP contribution < -0.4 is 92.1 Å². The number of nitrogens with two attached hydrogens (primary N) is 2. The molecule has 4 heterocycles. The van der Waals surface area contributed by atoms with E-state index in [2.05, 4.69) is 30.3 Å². The molecule has 0 spiro atoms. The average Bonchev–Trinajstić information content (AvgIpc) is 3.54. The number of aliphatic carboxylic acids is 1. The van der Waals surface area contributed by atoms with Crippen LogP contribution in [0.15, 0.2) is 32.4 Å². The predicted molar refractivity (Wildman–Crippen MR) is 153 cm³/mol. The summed E-state index contributed by atoms with van der Waals surface area (Å²) in [6, 6.07) is -2.40. The fourth-order valence-corrected chi connectivity index (χ4v) is 4.93. The number of primary amides is 1. The van der Waals surface area contributed by atoms with E-state index in [-0.39, 0.29) is 79.7 Å². The molecule has 0 aromatic carbocycles. The number of carboxylic acids is 1. The largest absolute Gasteiger partial charge is 1.00 e. The quantitative estimate of drug-likeness (QED) is 0.0527. The Kier molecular flexibility index (Phi) is 13.1. The topological polar surface area (TPSA) is 351 Å². The van der Waals surface area contributed by atoms with E-state index in [1.165, 1.54) is 5.38 Å². The second kappa shape index (κ2) is 15.6. The summed E-state index contributed by atoms with van der Waals surface area (Å²) < 4.78 is 28.8. The van der Waals surface area contributed by atoms with Crippen LogP contribution in [-0.4, -0.2) is 95.8 Å². The van der Waals surface area contributed by atoms with Crippen molar-refractivity contribution in [3.8, 4) is 17.3 Å². The van der Waals surface area contributed by atoms with Crippen molar-refractivity contribution in [1.29, 1.82) is 0 Å². The number of thiazole rings is 1. The standard InChI is InChI=1S/C22H23N11O12S2.2Na/c1-22(2,18(39)40)45-29-14(10-7-46-19(24)27-10)16(37)26-9-5-32(17(9)38)20(41)30-47(43,44)33-21(42)31(6-13(23)36)15(28-33)8-3-11(34)12(35)4-25-8;;/h3-4,7,9H,5-6H2,1-2H3,(H9,23,24,25,26,27,28,29,30,34,35,36,37,39,40,41);;/q;2*+1/p-2/t9-;;/m0../s1. The van der Waals surface area contributed by atoms with Crippen LogP contribution in [0, 0.1) is 0 Å². The maximum absolute atomic E-state index is 12.9. The van der Waals surface area contributed by atoms with Gasteiger partial charge in [-0.2, -0.15) is 0 Å². The van der Waals surface area contributed by atoms with Crippen molar-refractivity contribution < 1.29 is 107 Å². The zero-order chi connectivity index (χ0) is 35.0. The Morgan fingerprint density at radius 2 is 1.92 bits per heavy atom.